The fourth-order valence-electron chi connectivity index (χ4n) is 1.28. The summed E-state index contributed by atoms with van der Waals surface area (Å²) in [6, 6.07) is 6.80. The number of carbonyl (C=O) groups is 1. The maximum absolute atomic E-state index is 11.6. The van der Waals surface area contributed by atoms with Gasteiger partial charge in [-0.1, -0.05) is 27.5 Å². The zero-order valence-electron chi connectivity index (χ0n) is 9.17. The smallest absolute Gasteiger partial charge is 0.224 e. The molecule has 17 heavy (non-hydrogen) atoms. The van der Waals surface area contributed by atoms with Crippen molar-refractivity contribution in [3.8, 4) is 6.07 Å². The number of carbonyl (C=O) groups excluding carboxylic acids is 1. The molecule has 0 atom stereocenters. The SMILES string of the molecule is N#Cc1ccc(Cl)c(NC(=O)CCCCBr)c1. The van der Waals surface area contributed by atoms with Gasteiger partial charge in [0.15, 0.2) is 0 Å². The number of unbranched alkanes of at least 4 members (excludes halogenated alkanes) is 1. The van der Waals surface area contributed by atoms with E-state index in [0.29, 0.717) is 22.7 Å². The van der Waals surface area contributed by atoms with E-state index in [4.69, 9.17) is 16.9 Å². The first kappa shape index (κ1) is 14.0. The Labute approximate surface area is 114 Å². The van der Waals surface area contributed by atoms with Crippen LogP contribution in [0.5, 0.6) is 0 Å². The summed E-state index contributed by atoms with van der Waals surface area (Å²) in [4.78, 5) is 11.6. The number of hydrogen-bond acceptors (Lipinski definition) is 2. The maximum atomic E-state index is 11.6. The molecule has 0 aliphatic carbocycles. The molecule has 5 heteroatoms. The van der Waals surface area contributed by atoms with Crippen LogP contribution in [0.25, 0.3) is 0 Å². The van der Waals surface area contributed by atoms with Crippen molar-refractivity contribution in [3.05, 3.63) is 28.8 Å². The second-order valence-electron chi connectivity index (χ2n) is 3.50. The van der Waals surface area contributed by atoms with E-state index >= 15 is 0 Å². The lowest BCUT2D eigenvalue weighted by atomic mass is 10.2. The minimum Gasteiger partial charge on any atom is -0.325 e. The van der Waals surface area contributed by atoms with E-state index in [2.05, 4.69) is 21.2 Å². The normalized spacial score (nSPS) is 9.71. The molecule has 0 heterocycles. The van der Waals surface area contributed by atoms with Crippen molar-refractivity contribution in [1.29, 1.82) is 5.26 Å². The Morgan fingerprint density at radius 3 is 2.88 bits per heavy atom. The lowest BCUT2D eigenvalue weighted by Crippen LogP contribution is -2.11. The molecule has 0 aromatic heterocycles. The fourth-order valence-corrected chi connectivity index (χ4v) is 1.84. The maximum Gasteiger partial charge on any atom is 0.224 e. The minimum absolute atomic E-state index is 0.0806. The molecule has 0 saturated carbocycles. The van der Waals surface area contributed by atoms with E-state index in [1.165, 1.54) is 0 Å². The number of nitriles is 1. The summed E-state index contributed by atoms with van der Waals surface area (Å²) in [6.45, 7) is 0. The van der Waals surface area contributed by atoms with E-state index in [0.717, 1.165) is 18.2 Å². The molecule has 0 aliphatic rings. The lowest BCUT2D eigenvalue weighted by molar-refractivity contribution is -0.116. The summed E-state index contributed by atoms with van der Waals surface area (Å²) in [5, 5.41) is 12.8. The third kappa shape index (κ3) is 4.76. The summed E-state index contributed by atoms with van der Waals surface area (Å²) in [5.41, 5.74) is 0.972. The number of nitrogens with zero attached hydrogens (tertiary/aromatic N) is 1. The average molecular weight is 316 g/mol. The number of amides is 1. The van der Waals surface area contributed by atoms with Gasteiger partial charge in [-0.3, -0.25) is 4.79 Å². The molecule has 0 radical (unpaired) electrons. The number of hydrogen-bond donors (Lipinski definition) is 1. The third-order valence-corrected chi connectivity index (χ3v) is 3.05. The zero-order chi connectivity index (χ0) is 12.7. The van der Waals surface area contributed by atoms with E-state index in [-0.39, 0.29) is 5.91 Å². The Kier molecular flexibility index (Phi) is 6.03. The van der Waals surface area contributed by atoms with E-state index in [9.17, 15) is 4.79 Å². The van der Waals surface area contributed by atoms with Crippen LogP contribution < -0.4 is 5.32 Å². The van der Waals surface area contributed by atoms with Crippen LogP contribution in [0.1, 0.15) is 24.8 Å². The highest BCUT2D eigenvalue weighted by Crippen LogP contribution is 2.23. The molecular formula is C12H12BrClN2O. The summed E-state index contributed by atoms with van der Waals surface area (Å²) < 4.78 is 0. The largest absolute Gasteiger partial charge is 0.325 e. The van der Waals surface area contributed by atoms with Crippen LogP contribution in [0.15, 0.2) is 18.2 Å². The van der Waals surface area contributed by atoms with Crippen LogP contribution in [0.3, 0.4) is 0 Å². The molecule has 0 unspecified atom stereocenters. The second kappa shape index (κ2) is 7.31. The number of alkyl halides is 1. The van der Waals surface area contributed by atoms with E-state index in [1.54, 1.807) is 18.2 Å². The van der Waals surface area contributed by atoms with Crippen molar-refractivity contribution in [1.82, 2.24) is 0 Å². The Hall–Kier alpha value is -1.05. The molecule has 0 bridgehead atoms. The molecule has 3 nitrogen and oxygen atoms in total. The molecule has 1 amide bonds. The highest BCUT2D eigenvalue weighted by molar-refractivity contribution is 9.09. The van der Waals surface area contributed by atoms with Gasteiger partial charge in [0.2, 0.25) is 5.91 Å². The Bertz CT molecular complexity index is 443. The molecule has 1 aromatic carbocycles. The van der Waals surface area contributed by atoms with Gasteiger partial charge in [-0.05, 0) is 31.0 Å². The highest BCUT2D eigenvalue weighted by atomic mass is 79.9. The monoisotopic (exact) mass is 314 g/mol. The number of benzene rings is 1. The van der Waals surface area contributed by atoms with Gasteiger partial charge in [0, 0.05) is 11.8 Å². The van der Waals surface area contributed by atoms with Crippen LogP contribution in [0.4, 0.5) is 5.69 Å². The van der Waals surface area contributed by atoms with Crippen LogP contribution in [-0.4, -0.2) is 11.2 Å². The Balaban J connectivity index is 2.61. The van der Waals surface area contributed by atoms with Crippen LogP contribution in [0.2, 0.25) is 5.02 Å². The molecule has 1 rings (SSSR count). The number of nitrogens with one attached hydrogen (secondary N) is 1. The van der Waals surface area contributed by atoms with Gasteiger partial charge in [0.05, 0.1) is 22.3 Å². The Morgan fingerprint density at radius 2 is 2.24 bits per heavy atom. The van der Waals surface area contributed by atoms with Crippen molar-refractivity contribution in [3.63, 3.8) is 0 Å². The van der Waals surface area contributed by atoms with Crippen molar-refractivity contribution in [2.45, 2.75) is 19.3 Å². The fraction of sp³-hybridized carbons (Fsp3) is 0.333. The quantitative estimate of drug-likeness (QED) is 0.665. The van der Waals surface area contributed by atoms with Gasteiger partial charge in [-0.25, -0.2) is 0 Å². The first-order valence-electron chi connectivity index (χ1n) is 5.23. The summed E-state index contributed by atoms with van der Waals surface area (Å²) >= 11 is 9.23. The first-order chi connectivity index (χ1) is 8.17. The van der Waals surface area contributed by atoms with E-state index < -0.39 is 0 Å². The van der Waals surface area contributed by atoms with Crippen molar-refractivity contribution >= 4 is 39.1 Å². The van der Waals surface area contributed by atoms with Gasteiger partial charge in [0.1, 0.15) is 0 Å². The predicted octanol–water partition coefficient (Wildman–Crippen LogP) is 3.72. The zero-order valence-corrected chi connectivity index (χ0v) is 11.5. The minimum atomic E-state index is -0.0806. The van der Waals surface area contributed by atoms with Gasteiger partial charge in [0.25, 0.3) is 0 Å². The van der Waals surface area contributed by atoms with Crippen LogP contribution >= 0.6 is 27.5 Å². The second-order valence-corrected chi connectivity index (χ2v) is 4.70. The Morgan fingerprint density at radius 1 is 1.47 bits per heavy atom. The number of anilines is 1. The van der Waals surface area contributed by atoms with Gasteiger partial charge in [-0.2, -0.15) is 5.26 Å². The molecule has 1 aromatic rings. The molecule has 0 aliphatic heterocycles. The van der Waals surface area contributed by atoms with Crippen LogP contribution in [-0.2, 0) is 4.79 Å². The molecule has 0 saturated heterocycles. The van der Waals surface area contributed by atoms with Gasteiger partial charge < -0.3 is 5.32 Å². The lowest BCUT2D eigenvalue weighted by Gasteiger charge is -2.07. The van der Waals surface area contributed by atoms with Crippen molar-refractivity contribution in [2.75, 3.05) is 10.6 Å². The molecule has 1 N–H and O–H groups in total. The van der Waals surface area contributed by atoms with E-state index in [1.807, 2.05) is 6.07 Å². The summed E-state index contributed by atoms with van der Waals surface area (Å²) in [5.74, 6) is -0.0806. The number of halogens is 2. The molecule has 0 fully saturated rings. The standard InChI is InChI=1S/C12H12BrClN2O/c13-6-2-1-3-12(17)16-11-7-9(8-15)4-5-10(11)14/h4-5,7H,1-3,6H2,(H,16,17). The van der Waals surface area contributed by atoms with Crippen molar-refractivity contribution in [2.24, 2.45) is 0 Å². The van der Waals surface area contributed by atoms with Gasteiger partial charge >= 0.3 is 0 Å². The van der Waals surface area contributed by atoms with Gasteiger partial charge in [-0.15, -0.1) is 0 Å². The predicted molar refractivity (Wildman–Crippen MR) is 72.4 cm³/mol. The van der Waals surface area contributed by atoms with Crippen LogP contribution in [0, 0.1) is 11.3 Å². The molecule has 0 spiro atoms. The topological polar surface area (TPSA) is 52.9 Å². The summed E-state index contributed by atoms with van der Waals surface area (Å²) in [7, 11) is 0. The third-order valence-electron chi connectivity index (χ3n) is 2.16. The summed E-state index contributed by atoms with van der Waals surface area (Å²) in [6.07, 6.45) is 2.24. The molecule has 90 valence electrons. The number of rotatable bonds is 5. The average Bonchev–Trinajstić information content (AvgIpc) is 2.32. The van der Waals surface area contributed by atoms with Crippen molar-refractivity contribution < 1.29 is 4.79 Å². The highest BCUT2D eigenvalue weighted by Gasteiger charge is 2.06. The first-order valence-corrected chi connectivity index (χ1v) is 6.72. The molecular weight excluding hydrogens is 304 g/mol.